The zero-order chi connectivity index (χ0) is 27.6. The first-order chi connectivity index (χ1) is 18.7. The summed E-state index contributed by atoms with van der Waals surface area (Å²) < 4.78 is 29.9. The third-order valence-electron chi connectivity index (χ3n) is 7.61. The average Bonchev–Trinajstić information content (AvgIpc) is 2.91. The summed E-state index contributed by atoms with van der Waals surface area (Å²) in [5.74, 6) is 1.99. The van der Waals surface area contributed by atoms with Gasteiger partial charge in [-0.05, 0) is 93.3 Å². The number of fused-ring (bicyclic) bond motifs is 1. The summed E-state index contributed by atoms with van der Waals surface area (Å²) in [6.45, 7) is 6.59. The van der Waals surface area contributed by atoms with E-state index in [1.807, 2.05) is 38.1 Å². The van der Waals surface area contributed by atoms with Crippen molar-refractivity contribution in [2.45, 2.75) is 69.9 Å². The summed E-state index contributed by atoms with van der Waals surface area (Å²) in [7, 11) is -3.18. The Morgan fingerprint density at radius 3 is 2.36 bits per heavy atom. The van der Waals surface area contributed by atoms with E-state index in [0.717, 1.165) is 91.9 Å². The number of ether oxygens (including phenoxy) is 1. The van der Waals surface area contributed by atoms with Gasteiger partial charge >= 0.3 is 0 Å². The van der Waals surface area contributed by atoms with E-state index in [9.17, 15) is 13.7 Å². The van der Waals surface area contributed by atoms with Crippen LogP contribution in [0.4, 0.5) is 5.95 Å². The van der Waals surface area contributed by atoms with Gasteiger partial charge in [0.1, 0.15) is 5.75 Å². The van der Waals surface area contributed by atoms with Gasteiger partial charge in [-0.3, -0.25) is 4.90 Å². The zero-order valence-corrected chi connectivity index (χ0v) is 23.6. The highest BCUT2D eigenvalue weighted by molar-refractivity contribution is 7.90. The van der Waals surface area contributed by atoms with Crippen molar-refractivity contribution in [3.8, 4) is 17.7 Å². The van der Waals surface area contributed by atoms with Crippen LogP contribution in [0.2, 0.25) is 0 Å². The van der Waals surface area contributed by atoms with Crippen LogP contribution in [0.5, 0.6) is 11.6 Å². The molecule has 2 aliphatic rings. The molecule has 0 atom stereocenters. The maximum absolute atomic E-state index is 11.7. The summed E-state index contributed by atoms with van der Waals surface area (Å²) in [5, 5.41) is 12.9. The van der Waals surface area contributed by atoms with Gasteiger partial charge in [-0.1, -0.05) is 12.1 Å². The molecule has 0 spiro atoms. The number of nitrogens with one attached hydrogen (secondary N) is 1. The Morgan fingerprint density at radius 2 is 1.72 bits per heavy atom. The van der Waals surface area contributed by atoms with E-state index >= 15 is 0 Å². The van der Waals surface area contributed by atoms with Crippen LogP contribution in [-0.4, -0.2) is 48.7 Å². The zero-order valence-electron chi connectivity index (χ0n) is 22.8. The highest BCUT2D eigenvalue weighted by Gasteiger charge is 2.24. The molecule has 0 radical (unpaired) electrons. The van der Waals surface area contributed by atoms with Gasteiger partial charge in [0.05, 0.1) is 22.2 Å². The Hall–Kier alpha value is -3.48. The van der Waals surface area contributed by atoms with E-state index < -0.39 is 9.84 Å². The van der Waals surface area contributed by atoms with Crippen molar-refractivity contribution >= 4 is 15.8 Å². The second-order valence-electron chi connectivity index (χ2n) is 10.7. The summed E-state index contributed by atoms with van der Waals surface area (Å²) in [6, 6.07) is 13.4. The fourth-order valence-electron chi connectivity index (χ4n) is 5.50. The maximum atomic E-state index is 11.7. The highest BCUT2D eigenvalue weighted by atomic mass is 32.2. The fraction of sp³-hybridized carbons (Fsp3) is 0.433. The number of likely N-dealkylation sites (tertiary alicyclic amines) is 1. The van der Waals surface area contributed by atoms with Crippen molar-refractivity contribution in [3.05, 3.63) is 69.9 Å². The summed E-state index contributed by atoms with van der Waals surface area (Å²) in [5.41, 5.74) is 5.73. The topological polar surface area (TPSA) is 108 Å². The first kappa shape index (κ1) is 27.1. The van der Waals surface area contributed by atoms with Crippen molar-refractivity contribution in [3.63, 3.8) is 0 Å². The van der Waals surface area contributed by atoms with Crippen molar-refractivity contribution in [1.29, 1.82) is 5.26 Å². The minimum Gasteiger partial charge on any atom is -0.438 e. The first-order valence-electron chi connectivity index (χ1n) is 13.6. The molecule has 0 bridgehead atoms. The third-order valence-corrected chi connectivity index (χ3v) is 8.74. The van der Waals surface area contributed by atoms with E-state index in [1.54, 1.807) is 12.1 Å². The summed E-state index contributed by atoms with van der Waals surface area (Å²) in [4.78, 5) is 12.5. The number of sulfone groups is 1. The molecule has 1 saturated heterocycles. The van der Waals surface area contributed by atoms with Crippen LogP contribution in [0.3, 0.4) is 0 Å². The first-order valence-corrected chi connectivity index (χ1v) is 15.5. The number of aromatic nitrogens is 2. The fourth-order valence-corrected chi connectivity index (χ4v) is 6.13. The Labute approximate surface area is 231 Å². The predicted octanol–water partition coefficient (Wildman–Crippen LogP) is 5.12. The second-order valence-corrected chi connectivity index (χ2v) is 12.8. The standard InChI is InChI=1S/C30H35N5O3S/c1-20-16-23(18-31)17-21(2)28(20)38-29-26-6-4-5-7-27(26)33-30(34-29)32-24-12-14-35(15-13-24)19-22-8-10-25(11-9-22)39(3,36)37/h8-11,16-17,24H,4-7,12-15,19H2,1-3H3,(H,32,33,34). The monoisotopic (exact) mass is 545 g/mol. The van der Waals surface area contributed by atoms with Gasteiger partial charge in [0.25, 0.3) is 0 Å². The van der Waals surface area contributed by atoms with Crippen LogP contribution in [0.15, 0.2) is 41.3 Å². The maximum Gasteiger partial charge on any atom is 0.227 e. The van der Waals surface area contributed by atoms with Gasteiger partial charge in [0.2, 0.25) is 11.8 Å². The van der Waals surface area contributed by atoms with Crippen LogP contribution in [-0.2, 0) is 29.2 Å². The van der Waals surface area contributed by atoms with Gasteiger partial charge in [-0.25, -0.2) is 13.4 Å². The molecule has 5 rings (SSSR count). The van der Waals surface area contributed by atoms with E-state index in [2.05, 4.69) is 16.3 Å². The molecule has 2 heterocycles. The van der Waals surface area contributed by atoms with Gasteiger partial charge in [0, 0.05) is 37.5 Å². The molecule has 39 heavy (non-hydrogen) atoms. The van der Waals surface area contributed by atoms with E-state index in [4.69, 9.17) is 14.7 Å². The van der Waals surface area contributed by atoms with Crippen molar-refractivity contribution in [2.24, 2.45) is 0 Å². The minimum atomic E-state index is -3.18. The molecule has 0 amide bonds. The summed E-state index contributed by atoms with van der Waals surface area (Å²) >= 11 is 0. The van der Waals surface area contributed by atoms with E-state index in [-0.39, 0.29) is 6.04 Å². The van der Waals surface area contributed by atoms with Crippen LogP contribution < -0.4 is 10.1 Å². The van der Waals surface area contributed by atoms with Gasteiger partial charge in [0.15, 0.2) is 9.84 Å². The molecule has 1 aromatic heterocycles. The lowest BCUT2D eigenvalue weighted by Crippen LogP contribution is -2.39. The largest absolute Gasteiger partial charge is 0.438 e. The molecule has 1 fully saturated rings. The Kier molecular flexibility index (Phi) is 7.87. The number of hydrogen-bond acceptors (Lipinski definition) is 8. The average molecular weight is 546 g/mol. The van der Waals surface area contributed by atoms with Crippen LogP contribution in [0.1, 0.15) is 59.2 Å². The summed E-state index contributed by atoms with van der Waals surface area (Å²) in [6.07, 6.45) is 7.20. The Balaban J connectivity index is 1.26. The van der Waals surface area contributed by atoms with E-state index in [1.165, 1.54) is 6.26 Å². The molecule has 1 N–H and O–H groups in total. The Morgan fingerprint density at radius 1 is 1.05 bits per heavy atom. The molecule has 9 heteroatoms. The number of hydrogen-bond donors (Lipinski definition) is 1. The number of nitrogens with zero attached hydrogens (tertiary/aromatic N) is 4. The number of nitriles is 1. The van der Waals surface area contributed by atoms with Crippen molar-refractivity contribution < 1.29 is 13.2 Å². The lowest BCUT2D eigenvalue weighted by Gasteiger charge is -2.32. The molecule has 1 aliphatic carbocycles. The van der Waals surface area contributed by atoms with Crippen LogP contribution in [0, 0.1) is 25.2 Å². The lowest BCUT2D eigenvalue weighted by molar-refractivity contribution is 0.211. The molecular formula is C30H35N5O3S. The molecule has 0 saturated carbocycles. The molecule has 0 unspecified atom stereocenters. The second kappa shape index (κ2) is 11.3. The van der Waals surface area contributed by atoms with Gasteiger partial charge < -0.3 is 10.1 Å². The van der Waals surface area contributed by atoms with Crippen LogP contribution >= 0.6 is 0 Å². The molecule has 2 aromatic carbocycles. The van der Waals surface area contributed by atoms with Crippen molar-refractivity contribution in [1.82, 2.24) is 14.9 Å². The molecule has 204 valence electrons. The minimum absolute atomic E-state index is 0.265. The Bertz CT molecular complexity index is 1480. The molecule has 3 aromatic rings. The number of piperidine rings is 1. The molecule has 1 aliphatic heterocycles. The smallest absolute Gasteiger partial charge is 0.227 e. The van der Waals surface area contributed by atoms with Crippen molar-refractivity contribution in [2.75, 3.05) is 24.7 Å². The third kappa shape index (κ3) is 6.40. The molecular weight excluding hydrogens is 510 g/mol. The van der Waals surface area contributed by atoms with Gasteiger partial charge in [-0.15, -0.1) is 0 Å². The predicted molar refractivity (Wildman–Crippen MR) is 151 cm³/mol. The SMILES string of the molecule is Cc1cc(C#N)cc(C)c1Oc1nc(NC2CCN(Cc3ccc(S(C)(=O)=O)cc3)CC2)nc2c1CCCC2. The van der Waals surface area contributed by atoms with Gasteiger partial charge in [-0.2, -0.15) is 10.2 Å². The van der Waals surface area contributed by atoms with Crippen LogP contribution in [0.25, 0.3) is 0 Å². The lowest BCUT2D eigenvalue weighted by atomic mass is 9.97. The quantitative estimate of drug-likeness (QED) is 0.436. The number of benzene rings is 2. The number of rotatable bonds is 7. The normalized spacial score (nSPS) is 16.4. The van der Waals surface area contributed by atoms with E-state index in [0.29, 0.717) is 22.3 Å². The number of aryl methyl sites for hydroxylation is 3. The molecule has 8 nitrogen and oxygen atoms in total. The number of anilines is 1. The highest BCUT2D eigenvalue weighted by Crippen LogP contribution is 2.35.